The zero-order valence-electron chi connectivity index (χ0n) is 9.41. The van der Waals surface area contributed by atoms with E-state index in [0.717, 1.165) is 6.07 Å². The standard InChI is InChI=1S/C8H10ClF3N4O2S/c9-5-4-6(14-2-1-3-19(13,17)18)16-7(15-5)8(10,11)12/h4H,1-3H2,(H2,13,17,18)(H,14,15,16). The number of primary sulfonamides is 1. The maximum absolute atomic E-state index is 12.4. The predicted octanol–water partition coefficient (Wildman–Crippen LogP) is 1.24. The fourth-order valence-electron chi connectivity index (χ4n) is 1.12. The smallest absolute Gasteiger partial charge is 0.370 e. The number of halogens is 4. The van der Waals surface area contributed by atoms with Gasteiger partial charge in [-0.3, -0.25) is 0 Å². The van der Waals surface area contributed by atoms with E-state index in [0.29, 0.717) is 0 Å². The summed E-state index contributed by atoms with van der Waals surface area (Å²) in [6.07, 6.45) is -4.58. The number of aromatic nitrogens is 2. The van der Waals surface area contributed by atoms with Crippen LogP contribution in [-0.2, 0) is 16.2 Å². The number of nitrogens with one attached hydrogen (secondary N) is 1. The van der Waals surface area contributed by atoms with Crippen molar-refractivity contribution in [1.29, 1.82) is 0 Å². The highest BCUT2D eigenvalue weighted by Crippen LogP contribution is 2.28. The van der Waals surface area contributed by atoms with Gasteiger partial charge in [0.25, 0.3) is 0 Å². The van der Waals surface area contributed by atoms with Crippen LogP contribution in [0.15, 0.2) is 6.07 Å². The molecule has 0 radical (unpaired) electrons. The molecule has 0 amide bonds. The largest absolute Gasteiger partial charge is 0.451 e. The minimum Gasteiger partial charge on any atom is -0.370 e. The molecule has 6 nitrogen and oxygen atoms in total. The molecule has 1 heterocycles. The number of anilines is 1. The van der Waals surface area contributed by atoms with Crippen molar-refractivity contribution in [2.75, 3.05) is 17.6 Å². The van der Waals surface area contributed by atoms with Gasteiger partial charge in [0.1, 0.15) is 11.0 Å². The minimum absolute atomic E-state index is 0.0844. The Bertz CT molecular complexity index is 549. The van der Waals surface area contributed by atoms with E-state index in [9.17, 15) is 21.6 Å². The predicted molar refractivity (Wildman–Crippen MR) is 63.1 cm³/mol. The van der Waals surface area contributed by atoms with Crippen molar-refractivity contribution in [3.8, 4) is 0 Å². The molecule has 0 aliphatic heterocycles. The number of rotatable bonds is 5. The number of hydrogen-bond donors (Lipinski definition) is 2. The van der Waals surface area contributed by atoms with Gasteiger partial charge in [-0.1, -0.05) is 11.6 Å². The van der Waals surface area contributed by atoms with E-state index in [1.54, 1.807) is 0 Å². The van der Waals surface area contributed by atoms with Crippen molar-refractivity contribution in [3.05, 3.63) is 17.0 Å². The van der Waals surface area contributed by atoms with Crippen molar-refractivity contribution < 1.29 is 21.6 Å². The van der Waals surface area contributed by atoms with Crippen molar-refractivity contribution in [3.63, 3.8) is 0 Å². The zero-order valence-corrected chi connectivity index (χ0v) is 11.0. The second-order valence-corrected chi connectivity index (χ2v) is 5.67. The van der Waals surface area contributed by atoms with E-state index >= 15 is 0 Å². The molecule has 108 valence electrons. The molecule has 0 saturated carbocycles. The highest BCUT2D eigenvalue weighted by atomic mass is 35.5. The van der Waals surface area contributed by atoms with Gasteiger partial charge in [0.2, 0.25) is 15.8 Å². The third-order valence-electron chi connectivity index (χ3n) is 1.86. The fraction of sp³-hybridized carbons (Fsp3) is 0.500. The normalized spacial score (nSPS) is 12.5. The van der Waals surface area contributed by atoms with E-state index in [-0.39, 0.29) is 29.7 Å². The van der Waals surface area contributed by atoms with Crippen molar-refractivity contribution in [2.45, 2.75) is 12.6 Å². The van der Waals surface area contributed by atoms with Gasteiger partial charge in [-0.2, -0.15) is 13.2 Å². The molecule has 1 aromatic heterocycles. The fourth-order valence-corrected chi connectivity index (χ4v) is 1.85. The summed E-state index contributed by atoms with van der Waals surface area (Å²) in [4.78, 5) is 6.27. The van der Waals surface area contributed by atoms with Crippen molar-refractivity contribution in [1.82, 2.24) is 9.97 Å². The van der Waals surface area contributed by atoms with E-state index in [1.165, 1.54) is 0 Å². The second kappa shape index (κ2) is 5.88. The van der Waals surface area contributed by atoms with Crippen LogP contribution in [0.1, 0.15) is 12.2 Å². The van der Waals surface area contributed by atoms with E-state index in [4.69, 9.17) is 16.7 Å². The van der Waals surface area contributed by atoms with Crippen LogP contribution in [0, 0.1) is 0 Å². The summed E-state index contributed by atoms with van der Waals surface area (Å²) in [6, 6.07) is 1.10. The first-order valence-electron chi connectivity index (χ1n) is 4.94. The van der Waals surface area contributed by atoms with Crippen LogP contribution in [0.5, 0.6) is 0 Å². The SMILES string of the molecule is NS(=O)(=O)CCCNc1cc(Cl)nc(C(F)(F)F)n1. The molecule has 0 aliphatic rings. The molecular weight excluding hydrogens is 309 g/mol. The minimum atomic E-state index is -4.71. The average Bonchev–Trinajstić information content (AvgIpc) is 2.21. The Kier molecular flexibility index (Phi) is 4.93. The molecule has 11 heteroatoms. The lowest BCUT2D eigenvalue weighted by molar-refractivity contribution is -0.144. The van der Waals surface area contributed by atoms with E-state index in [1.807, 2.05) is 0 Å². The maximum Gasteiger partial charge on any atom is 0.451 e. The summed E-state index contributed by atoms with van der Waals surface area (Å²) in [6.45, 7) is 0.0844. The molecule has 0 saturated heterocycles. The van der Waals surface area contributed by atoms with Gasteiger partial charge < -0.3 is 5.32 Å². The van der Waals surface area contributed by atoms with Gasteiger partial charge in [-0.25, -0.2) is 23.5 Å². The quantitative estimate of drug-likeness (QED) is 0.628. The average molecular weight is 319 g/mol. The first-order chi connectivity index (χ1) is 8.58. The lowest BCUT2D eigenvalue weighted by Gasteiger charge is -2.09. The first-order valence-corrected chi connectivity index (χ1v) is 7.03. The van der Waals surface area contributed by atoms with Crippen LogP contribution in [0.3, 0.4) is 0 Å². The topological polar surface area (TPSA) is 98.0 Å². The third kappa shape index (κ3) is 6.03. The molecule has 0 atom stereocenters. The lowest BCUT2D eigenvalue weighted by Crippen LogP contribution is -2.19. The number of sulfonamides is 1. The number of alkyl halides is 3. The molecule has 0 fully saturated rings. The van der Waals surface area contributed by atoms with E-state index < -0.39 is 22.0 Å². The van der Waals surface area contributed by atoms with Crippen LogP contribution < -0.4 is 10.5 Å². The van der Waals surface area contributed by atoms with Gasteiger partial charge in [-0.15, -0.1) is 0 Å². The molecule has 1 aromatic rings. The summed E-state index contributed by atoms with van der Waals surface area (Å²) >= 11 is 5.43. The van der Waals surface area contributed by atoms with Crippen LogP contribution in [-0.4, -0.2) is 30.7 Å². The molecule has 0 unspecified atom stereocenters. The molecule has 0 bridgehead atoms. The Labute approximate surface area is 112 Å². The molecule has 0 aliphatic carbocycles. The highest BCUT2D eigenvalue weighted by Gasteiger charge is 2.35. The number of nitrogens with zero attached hydrogens (tertiary/aromatic N) is 2. The molecular formula is C8H10ClF3N4O2S. The maximum atomic E-state index is 12.4. The summed E-state index contributed by atoms with van der Waals surface area (Å²) in [5.41, 5.74) is 0. The molecule has 0 aromatic carbocycles. The first kappa shape index (κ1) is 15.9. The van der Waals surface area contributed by atoms with Gasteiger partial charge in [-0.05, 0) is 6.42 Å². The third-order valence-corrected chi connectivity index (χ3v) is 2.91. The van der Waals surface area contributed by atoms with Gasteiger partial charge >= 0.3 is 6.18 Å². The van der Waals surface area contributed by atoms with Gasteiger partial charge in [0.15, 0.2) is 0 Å². The summed E-state index contributed by atoms with van der Waals surface area (Å²) in [5, 5.41) is 6.92. The molecule has 3 N–H and O–H groups in total. The van der Waals surface area contributed by atoms with Gasteiger partial charge in [0.05, 0.1) is 5.75 Å². The Morgan fingerprint density at radius 3 is 2.53 bits per heavy atom. The number of hydrogen-bond acceptors (Lipinski definition) is 5. The van der Waals surface area contributed by atoms with Crippen LogP contribution >= 0.6 is 11.6 Å². The molecule has 0 spiro atoms. The van der Waals surface area contributed by atoms with Crippen molar-refractivity contribution >= 4 is 27.4 Å². The Hall–Kier alpha value is -1.13. The van der Waals surface area contributed by atoms with Crippen LogP contribution in [0.25, 0.3) is 0 Å². The zero-order chi connectivity index (χ0) is 14.7. The lowest BCUT2D eigenvalue weighted by atomic mass is 10.4. The Morgan fingerprint density at radius 1 is 1.37 bits per heavy atom. The highest BCUT2D eigenvalue weighted by molar-refractivity contribution is 7.89. The Balaban J connectivity index is 2.67. The molecule has 1 rings (SSSR count). The second-order valence-electron chi connectivity index (χ2n) is 3.54. The Morgan fingerprint density at radius 2 is 2.00 bits per heavy atom. The summed E-state index contributed by atoms with van der Waals surface area (Å²) in [7, 11) is -3.60. The summed E-state index contributed by atoms with van der Waals surface area (Å²) < 4.78 is 58.4. The monoisotopic (exact) mass is 318 g/mol. The van der Waals surface area contributed by atoms with Crippen molar-refractivity contribution in [2.24, 2.45) is 5.14 Å². The van der Waals surface area contributed by atoms with Gasteiger partial charge in [0, 0.05) is 12.6 Å². The summed E-state index contributed by atoms with van der Waals surface area (Å²) in [5.74, 6) is -1.79. The number of nitrogens with two attached hydrogens (primary N) is 1. The van der Waals surface area contributed by atoms with E-state index in [2.05, 4.69) is 15.3 Å². The molecule has 19 heavy (non-hydrogen) atoms. The van der Waals surface area contributed by atoms with Crippen LogP contribution in [0.4, 0.5) is 19.0 Å². The van der Waals surface area contributed by atoms with Crippen LogP contribution in [0.2, 0.25) is 5.15 Å².